The lowest BCUT2D eigenvalue weighted by molar-refractivity contribution is 0.211. The lowest BCUT2D eigenvalue weighted by Gasteiger charge is -2.15. The molecule has 0 saturated carbocycles. The van der Waals surface area contributed by atoms with Crippen LogP contribution in [0.15, 0.2) is 29.6 Å². The Morgan fingerprint density at radius 1 is 1.60 bits per heavy atom. The van der Waals surface area contributed by atoms with Crippen molar-refractivity contribution in [3.05, 3.63) is 40.8 Å². The molecule has 0 aliphatic carbocycles. The zero-order chi connectivity index (χ0) is 11.0. The molecule has 1 aromatic heterocycles. The molecule has 0 unspecified atom stereocenters. The topological polar surface area (TPSA) is 62.5 Å². The molecule has 0 saturated heterocycles. The van der Waals surface area contributed by atoms with Crippen molar-refractivity contribution >= 4 is 0 Å². The van der Waals surface area contributed by atoms with E-state index in [1.54, 1.807) is 12.1 Å². The number of allylic oxidation sites excluding steroid dienone is 1. The first-order valence-corrected chi connectivity index (χ1v) is 4.85. The van der Waals surface area contributed by atoms with Crippen LogP contribution in [0, 0.1) is 5.92 Å². The van der Waals surface area contributed by atoms with E-state index < -0.39 is 0 Å². The van der Waals surface area contributed by atoms with Gasteiger partial charge in [-0.3, -0.25) is 4.79 Å². The maximum Gasteiger partial charge on any atom is 0.254 e. The van der Waals surface area contributed by atoms with Crippen molar-refractivity contribution in [3.63, 3.8) is 0 Å². The molecular formula is C11H13NO3. The van der Waals surface area contributed by atoms with Gasteiger partial charge < -0.3 is 14.8 Å². The normalized spacial score (nSPS) is 23.8. The van der Waals surface area contributed by atoms with Crippen LogP contribution in [0.25, 0.3) is 0 Å². The molecule has 2 atom stereocenters. The quantitative estimate of drug-likeness (QED) is 0.692. The van der Waals surface area contributed by atoms with Crippen molar-refractivity contribution in [3.8, 4) is 5.75 Å². The molecule has 4 nitrogen and oxygen atoms in total. The van der Waals surface area contributed by atoms with Gasteiger partial charge in [0.1, 0.15) is 5.75 Å². The number of aliphatic hydroxyl groups excluding tert-OH is 1. The van der Waals surface area contributed by atoms with Gasteiger partial charge in [0.15, 0.2) is 0 Å². The van der Waals surface area contributed by atoms with Crippen LogP contribution >= 0.6 is 0 Å². The summed E-state index contributed by atoms with van der Waals surface area (Å²) in [4.78, 5) is 11.6. The van der Waals surface area contributed by atoms with Gasteiger partial charge in [-0.1, -0.05) is 6.08 Å². The summed E-state index contributed by atoms with van der Waals surface area (Å²) in [5, 5.41) is 18.5. The summed E-state index contributed by atoms with van der Waals surface area (Å²) in [5.41, 5.74) is 0.484. The van der Waals surface area contributed by atoms with Crippen LogP contribution in [0.3, 0.4) is 0 Å². The Morgan fingerprint density at radius 2 is 2.33 bits per heavy atom. The number of hydrogen-bond donors (Lipinski definition) is 2. The van der Waals surface area contributed by atoms with Crippen LogP contribution in [-0.4, -0.2) is 21.4 Å². The second kappa shape index (κ2) is 3.55. The number of fused-ring (bicyclic) bond motifs is 1. The van der Waals surface area contributed by atoms with E-state index in [1.807, 2.05) is 0 Å². The first-order chi connectivity index (χ1) is 7.17. The van der Waals surface area contributed by atoms with Gasteiger partial charge in [0, 0.05) is 17.7 Å². The summed E-state index contributed by atoms with van der Waals surface area (Å²) in [6, 6.07) is 2.48. The minimum atomic E-state index is -0.270. The number of rotatable bonds is 2. The summed E-state index contributed by atoms with van der Waals surface area (Å²) in [6.45, 7) is 3.60. The Bertz CT molecular complexity index is 450. The third-order valence-corrected chi connectivity index (χ3v) is 2.89. The van der Waals surface area contributed by atoms with E-state index in [9.17, 15) is 15.0 Å². The van der Waals surface area contributed by atoms with Crippen LogP contribution in [0.4, 0.5) is 0 Å². The van der Waals surface area contributed by atoms with Gasteiger partial charge in [0.25, 0.3) is 5.56 Å². The Balaban J connectivity index is 2.57. The fraction of sp³-hybridized carbons (Fsp3) is 0.364. The molecule has 1 aliphatic rings. The summed E-state index contributed by atoms with van der Waals surface area (Å²) in [5.74, 6) is 0.0390. The highest BCUT2D eigenvalue weighted by molar-refractivity contribution is 5.26. The van der Waals surface area contributed by atoms with Gasteiger partial charge in [-0.25, -0.2) is 0 Å². The lowest BCUT2D eigenvalue weighted by Crippen LogP contribution is -2.26. The minimum absolute atomic E-state index is 0.0207. The fourth-order valence-electron chi connectivity index (χ4n) is 2.18. The van der Waals surface area contributed by atoms with E-state index in [1.165, 1.54) is 4.57 Å². The second-order valence-electron chi connectivity index (χ2n) is 3.77. The highest BCUT2D eigenvalue weighted by Gasteiger charge is 2.30. The van der Waals surface area contributed by atoms with Crippen molar-refractivity contribution < 1.29 is 10.2 Å². The predicted octanol–water partition coefficient (Wildman–Crippen LogP) is 0.446. The molecule has 0 bridgehead atoms. The molecule has 1 aromatic rings. The zero-order valence-electron chi connectivity index (χ0n) is 8.26. The molecular weight excluding hydrogens is 194 g/mol. The molecule has 2 heterocycles. The molecule has 2 N–H and O–H groups in total. The van der Waals surface area contributed by atoms with Gasteiger partial charge in [0.2, 0.25) is 0 Å². The average Bonchev–Trinajstić information content (AvgIpc) is 2.55. The van der Waals surface area contributed by atoms with Crippen molar-refractivity contribution in [2.24, 2.45) is 5.92 Å². The van der Waals surface area contributed by atoms with Crippen molar-refractivity contribution in [1.29, 1.82) is 0 Å². The van der Waals surface area contributed by atoms with E-state index in [0.717, 1.165) is 11.8 Å². The Kier molecular flexibility index (Phi) is 2.36. The van der Waals surface area contributed by atoms with Gasteiger partial charge in [-0.2, -0.15) is 0 Å². The summed E-state index contributed by atoms with van der Waals surface area (Å²) in [6.07, 6.45) is 2.38. The van der Waals surface area contributed by atoms with Crippen LogP contribution in [0.5, 0.6) is 5.75 Å². The average molecular weight is 207 g/mol. The number of aromatic nitrogens is 1. The lowest BCUT2D eigenvalue weighted by atomic mass is 10.0. The molecule has 0 aromatic carbocycles. The molecule has 0 radical (unpaired) electrons. The standard InChI is InChI=1S/C11H13NO3/c1-2-7-3-8-4-9(14)5-11(15)12(8)10(7)6-13/h2,4-5,7,10,13-14H,1,3,6H2/t7-,10+/m0/s1. The van der Waals surface area contributed by atoms with E-state index >= 15 is 0 Å². The van der Waals surface area contributed by atoms with Gasteiger partial charge in [0.05, 0.1) is 12.6 Å². The number of hydrogen-bond acceptors (Lipinski definition) is 3. The van der Waals surface area contributed by atoms with Gasteiger partial charge in [-0.05, 0) is 12.5 Å². The number of nitrogens with zero attached hydrogens (tertiary/aromatic N) is 1. The van der Waals surface area contributed by atoms with Gasteiger partial charge >= 0.3 is 0 Å². The molecule has 15 heavy (non-hydrogen) atoms. The molecule has 0 amide bonds. The first kappa shape index (κ1) is 9.98. The molecule has 0 fully saturated rings. The number of aliphatic hydroxyl groups is 1. The third kappa shape index (κ3) is 1.47. The maximum atomic E-state index is 11.6. The van der Waals surface area contributed by atoms with Crippen LogP contribution < -0.4 is 5.56 Å². The monoisotopic (exact) mass is 207 g/mol. The van der Waals surface area contributed by atoms with E-state index in [2.05, 4.69) is 6.58 Å². The smallest absolute Gasteiger partial charge is 0.254 e. The van der Waals surface area contributed by atoms with Crippen molar-refractivity contribution in [2.45, 2.75) is 12.5 Å². The third-order valence-electron chi connectivity index (χ3n) is 2.89. The molecule has 4 heteroatoms. The number of pyridine rings is 1. The second-order valence-corrected chi connectivity index (χ2v) is 3.77. The van der Waals surface area contributed by atoms with Crippen LogP contribution in [0.1, 0.15) is 11.7 Å². The van der Waals surface area contributed by atoms with Crippen molar-refractivity contribution in [1.82, 2.24) is 4.57 Å². The largest absolute Gasteiger partial charge is 0.508 e. The molecule has 2 rings (SSSR count). The summed E-state index contributed by atoms with van der Waals surface area (Å²) >= 11 is 0. The highest BCUT2D eigenvalue weighted by Crippen LogP contribution is 2.31. The summed E-state index contributed by atoms with van der Waals surface area (Å²) < 4.78 is 1.53. The molecule has 1 aliphatic heterocycles. The van der Waals surface area contributed by atoms with E-state index in [-0.39, 0.29) is 29.9 Å². The highest BCUT2D eigenvalue weighted by atomic mass is 16.3. The Hall–Kier alpha value is -1.55. The molecule has 0 spiro atoms. The zero-order valence-corrected chi connectivity index (χ0v) is 8.26. The fourth-order valence-corrected chi connectivity index (χ4v) is 2.18. The van der Waals surface area contributed by atoms with E-state index in [0.29, 0.717) is 6.42 Å². The van der Waals surface area contributed by atoms with Crippen LogP contribution in [0.2, 0.25) is 0 Å². The van der Waals surface area contributed by atoms with E-state index in [4.69, 9.17) is 0 Å². The SMILES string of the molecule is C=C[C@H]1Cc2cc(O)cc(=O)n2[C@@H]1CO. The predicted molar refractivity (Wildman–Crippen MR) is 55.9 cm³/mol. The number of aromatic hydroxyl groups is 1. The Morgan fingerprint density at radius 3 is 2.93 bits per heavy atom. The molecule has 80 valence electrons. The minimum Gasteiger partial charge on any atom is -0.508 e. The summed E-state index contributed by atoms with van der Waals surface area (Å²) in [7, 11) is 0. The van der Waals surface area contributed by atoms with Gasteiger partial charge in [-0.15, -0.1) is 6.58 Å². The maximum absolute atomic E-state index is 11.6. The van der Waals surface area contributed by atoms with Crippen LogP contribution in [-0.2, 0) is 6.42 Å². The Labute approximate surface area is 87.1 Å². The first-order valence-electron chi connectivity index (χ1n) is 4.85. The van der Waals surface area contributed by atoms with Crippen molar-refractivity contribution in [2.75, 3.05) is 6.61 Å².